The molecule has 2 saturated carbocycles. The van der Waals surface area contributed by atoms with E-state index in [2.05, 4.69) is 26.1 Å². The quantitative estimate of drug-likeness (QED) is 0.795. The molecule has 1 aromatic carbocycles. The number of ketones is 1. The van der Waals surface area contributed by atoms with E-state index in [-0.39, 0.29) is 35.2 Å². The first-order chi connectivity index (χ1) is 11.8. The van der Waals surface area contributed by atoms with Crippen LogP contribution in [0.2, 0.25) is 0 Å². The number of amides is 1. The Morgan fingerprint density at radius 2 is 1.88 bits per heavy atom. The first kappa shape index (κ1) is 18.0. The molecule has 1 N–H and O–H groups in total. The Morgan fingerprint density at radius 3 is 2.40 bits per heavy atom. The smallest absolute Gasteiger partial charge is 0.258 e. The molecule has 136 valence electrons. The van der Waals surface area contributed by atoms with Gasteiger partial charge in [-0.05, 0) is 60.3 Å². The van der Waals surface area contributed by atoms with Gasteiger partial charge < -0.3 is 10.1 Å². The SMILES string of the molecule is CCC(=O)c1ccc(OCC(=O)NC2CC3CCC2(C)C3(C)C)cc1. The Balaban J connectivity index is 1.53. The van der Waals surface area contributed by atoms with Gasteiger partial charge in [0.2, 0.25) is 0 Å². The molecule has 1 amide bonds. The molecule has 2 aliphatic rings. The van der Waals surface area contributed by atoms with E-state index >= 15 is 0 Å². The van der Waals surface area contributed by atoms with Crippen molar-refractivity contribution in [3.63, 3.8) is 0 Å². The number of nitrogens with one attached hydrogen (secondary N) is 1. The first-order valence-electron chi connectivity index (χ1n) is 9.33. The molecule has 0 aromatic heterocycles. The Kier molecular flexibility index (Phi) is 4.65. The molecule has 3 rings (SSSR count). The maximum absolute atomic E-state index is 12.3. The third-order valence-corrected chi connectivity index (χ3v) is 7.00. The predicted octanol–water partition coefficient (Wildman–Crippen LogP) is 3.99. The van der Waals surface area contributed by atoms with E-state index in [1.165, 1.54) is 12.8 Å². The molecule has 2 fully saturated rings. The van der Waals surface area contributed by atoms with Gasteiger partial charge in [-0.15, -0.1) is 0 Å². The maximum atomic E-state index is 12.3. The average molecular weight is 343 g/mol. The summed E-state index contributed by atoms with van der Waals surface area (Å²) in [5.41, 5.74) is 1.14. The molecule has 2 aliphatic carbocycles. The highest BCUT2D eigenvalue weighted by molar-refractivity contribution is 5.95. The molecule has 0 saturated heterocycles. The molecule has 1 aromatic rings. The molecule has 4 heteroatoms. The van der Waals surface area contributed by atoms with Crippen LogP contribution in [0.15, 0.2) is 24.3 Å². The van der Waals surface area contributed by atoms with Crippen molar-refractivity contribution in [1.29, 1.82) is 0 Å². The molecule has 0 spiro atoms. The summed E-state index contributed by atoms with van der Waals surface area (Å²) in [6.45, 7) is 8.85. The lowest BCUT2D eigenvalue weighted by Gasteiger charge is -2.39. The second-order valence-corrected chi connectivity index (χ2v) is 8.32. The molecular formula is C21H29NO3. The number of rotatable bonds is 6. The summed E-state index contributed by atoms with van der Waals surface area (Å²) in [6, 6.07) is 7.23. The zero-order chi connectivity index (χ0) is 18.2. The molecule has 0 heterocycles. The second-order valence-electron chi connectivity index (χ2n) is 8.32. The number of carbonyl (C=O) groups is 2. The minimum atomic E-state index is -0.0664. The predicted molar refractivity (Wildman–Crippen MR) is 97.7 cm³/mol. The number of ether oxygens (including phenoxy) is 1. The van der Waals surface area contributed by atoms with Crippen molar-refractivity contribution in [3.8, 4) is 5.75 Å². The third-order valence-electron chi connectivity index (χ3n) is 7.00. The standard InChI is InChI=1S/C21H29NO3/c1-5-17(23)14-6-8-16(9-7-14)25-13-19(24)22-18-12-15-10-11-21(18,4)20(15,2)3/h6-9,15,18H,5,10-13H2,1-4H3,(H,22,24). The van der Waals surface area contributed by atoms with E-state index in [4.69, 9.17) is 4.74 Å². The molecule has 0 aliphatic heterocycles. The highest BCUT2D eigenvalue weighted by atomic mass is 16.5. The molecule has 3 unspecified atom stereocenters. The zero-order valence-corrected chi connectivity index (χ0v) is 15.7. The molecular weight excluding hydrogens is 314 g/mol. The summed E-state index contributed by atoms with van der Waals surface area (Å²) >= 11 is 0. The van der Waals surface area contributed by atoms with E-state index in [1.54, 1.807) is 24.3 Å². The van der Waals surface area contributed by atoms with E-state index in [9.17, 15) is 9.59 Å². The van der Waals surface area contributed by atoms with Gasteiger partial charge in [-0.1, -0.05) is 27.7 Å². The Hall–Kier alpha value is -1.84. The molecule has 4 nitrogen and oxygen atoms in total. The fourth-order valence-corrected chi connectivity index (χ4v) is 4.75. The summed E-state index contributed by atoms with van der Waals surface area (Å²) in [6.07, 6.45) is 4.02. The Morgan fingerprint density at radius 1 is 1.20 bits per heavy atom. The zero-order valence-electron chi connectivity index (χ0n) is 15.7. The topological polar surface area (TPSA) is 55.4 Å². The number of carbonyl (C=O) groups excluding carboxylic acids is 2. The highest BCUT2D eigenvalue weighted by Crippen LogP contribution is 2.65. The van der Waals surface area contributed by atoms with Gasteiger partial charge >= 0.3 is 0 Å². The van der Waals surface area contributed by atoms with Gasteiger partial charge in [-0.3, -0.25) is 9.59 Å². The van der Waals surface area contributed by atoms with Crippen molar-refractivity contribution in [1.82, 2.24) is 5.32 Å². The highest BCUT2D eigenvalue weighted by Gasteiger charge is 2.61. The van der Waals surface area contributed by atoms with Crippen molar-refractivity contribution in [2.24, 2.45) is 16.7 Å². The van der Waals surface area contributed by atoms with Crippen molar-refractivity contribution >= 4 is 11.7 Å². The third kappa shape index (κ3) is 3.07. The van der Waals surface area contributed by atoms with Crippen LogP contribution in [-0.4, -0.2) is 24.3 Å². The molecule has 0 radical (unpaired) electrons. The lowest BCUT2D eigenvalue weighted by Crippen LogP contribution is -2.48. The van der Waals surface area contributed by atoms with E-state index < -0.39 is 0 Å². The Bertz CT molecular complexity index is 664. The summed E-state index contributed by atoms with van der Waals surface area (Å²) in [5, 5.41) is 3.20. The second kappa shape index (κ2) is 6.47. The number of hydrogen-bond donors (Lipinski definition) is 1. The van der Waals surface area contributed by atoms with E-state index in [0.29, 0.717) is 23.7 Å². The van der Waals surface area contributed by atoms with Gasteiger partial charge in [0.25, 0.3) is 5.91 Å². The van der Waals surface area contributed by atoms with Crippen LogP contribution in [0, 0.1) is 16.7 Å². The lowest BCUT2D eigenvalue weighted by atomic mass is 9.69. The summed E-state index contributed by atoms with van der Waals surface area (Å²) in [7, 11) is 0. The summed E-state index contributed by atoms with van der Waals surface area (Å²) < 4.78 is 5.59. The van der Waals surface area contributed by atoms with E-state index in [1.807, 2.05) is 6.92 Å². The van der Waals surface area contributed by atoms with Crippen LogP contribution >= 0.6 is 0 Å². The number of benzene rings is 1. The first-order valence-corrected chi connectivity index (χ1v) is 9.33. The average Bonchev–Trinajstić information content (AvgIpc) is 2.93. The van der Waals surface area contributed by atoms with Gasteiger partial charge in [0.05, 0.1) is 0 Å². The van der Waals surface area contributed by atoms with Crippen LogP contribution in [0.3, 0.4) is 0 Å². The number of Topliss-reactive ketones (excluding diaryl/α,β-unsaturated/α-hetero) is 1. The van der Waals surface area contributed by atoms with Crippen LogP contribution in [0.5, 0.6) is 5.75 Å². The minimum absolute atomic E-state index is 0.0126. The monoisotopic (exact) mass is 343 g/mol. The van der Waals surface area contributed by atoms with Crippen LogP contribution in [0.4, 0.5) is 0 Å². The van der Waals surface area contributed by atoms with Crippen LogP contribution in [0.1, 0.15) is 63.7 Å². The summed E-state index contributed by atoms with van der Waals surface area (Å²) in [5.74, 6) is 1.36. The molecule has 3 atom stereocenters. The fraction of sp³-hybridized carbons (Fsp3) is 0.619. The van der Waals surface area contributed by atoms with Gasteiger partial charge in [-0.2, -0.15) is 0 Å². The normalized spacial score (nSPS) is 29.4. The number of hydrogen-bond acceptors (Lipinski definition) is 3. The van der Waals surface area contributed by atoms with E-state index in [0.717, 1.165) is 6.42 Å². The maximum Gasteiger partial charge on any atom is 0.258 e. The van der Waals surface area contributed by atoms with Crippen molar-refractivity contribution in [2.45, 2.75) is 59.4 Å². The van der Waals surface area contributed by atoms with Crippen LogP contribution in [-0.2, 0) is 4.79 Å². The largest absolute Gasteiger partial charge is 0.484 e. The van der Waals surface area contributed by atoms with Crippen molar-refractivity contribution in [2.75, 3.05) is 6.61 Å². The van der Waals surface area contributed by atoms with Crippen LogP contribution in [0.25, 0.3) is 0 Å². The van der Waals surface area contributed by atoms with Gasteiger partial charge in [-0.25, -0.2) is 0 Å². The summed E-state index contributed by atoms with van der Waals surface area (Å²) in [4.78, 5) is 24.0. The lowest BCUT2D eigenvalue weighted by molar-refractivity contribution is -0.124. The van der Waals surface area contributed by atoms with Gasteiger partial charge in [0, 0.05) is 18.0 Å². The fourth-order valence-electron chi connectivity index (χ4n) is 4.75. The molecule has 2 bridgehead atoms. The molecule has 25 heavy (non-hydrogen) atoms. The Labute approximate surface area is 150 Å². The minimum Gasteiger partial charge on any atom is -0.484 e. The van der Waals surface area contributed by atoms with Gasteiger partial charge in [0.1, 0.15) is 5.75 Å². The van der Waals surface area contributed by atoms with Crippen molar-refractivity contribution < 1.29 is 14.3 Å². The number of fused-ring (bicyclic) bond motifs is 2. The van der Waals surface area contributed by atoms with Crippen LogP contribution < -0.4 is 10.1 Å². The van der Waals surface area contributed by atoms with Gasteiger partial charge in [0.15, 0.2) is 12.4 Å². The van der Waals surface area contributed by atoms with Crippen molar-refractivity contribution in [3.05, 3.63) is 29.8 Å².